The van der Waals surface area contributed by atoms with Crippen LogP contribution in [0.4, 0.5) is 0 Å². The predicted molar refractivity (Wildman–Crippen MR) is 119 cm³/mol. The number of hydrogen-bond donors (Lipinski definition) is 1. The van der Waals surface area contributed by atoms with Gasteiger partial charge in [0.25, 0.3) is 5.91 Å². The summed E-state index contributed by atoms with van der Waals surface area (Å²) in [5.41, 5.74) is 1.99. The lowest BCUT2D eigenvalue weighted by Crippen LogP contribution is -2.27. The Balaban J connectivity index is 1.75. The molecular weight excluding hydrogens is 414 g/mol. The van der Waals surface area contributed by atoms with Crippen molar-refractivity contribution in [3.63, 3.8) is 0 Å². The molecular formula is C23H27N3O6. The number of methoxy groups -OCH3 is 3. The Kier molecular flexibility index (Phi) is 7.54. The van der Waals surface area contributed by atoms with E-state index in [1.807, 2.05) is 28.8 Å². The van der Waals surface area contributed by atoms with Crippen LogP contribution in [-0.2, 0) is 22.5 Å². The third kappa shape index (κ3) is 4.93. The number of esters is 1. The predicted octanol–water partition coefficient (Wildman–Crippen LogP) is 2.60. The van der Waals surface area contributed by atoms with Crippen LogP contribution in [0.15, 0.2) is 36.4 Å². The molecule has 0 unspecified atom stereocenters. The number of ether oxygens (including phenoxy) is 4. The molecule has 3 rings (SSSR count). The maximum Gasteiger partial charge on any atom is 0.326 e. The number of carbonyl (C=O) groups excluding carboxylic acids is 2. The number of nitrogens with one attached hydrogen (secondary N) is 1. The number of fused-ring (bicyclic) bond motifs is 1. The Bertz CT molecular complexity index is 1080. The standard InChI is InChI=1S/C23H27N3O6/c1-5-32-21(27)14-26-17-9-7-6-8-16(17)25-20(26)10-11-24-23(28)15-12-18(29-2)22(31-4)19(13-15)30-3/h6-9,12-13H,5,10-11,14H2,1-4H3,(H,24,28). The summed E-state index contributed by atoms with van der Waals surface area (Å²) in [5, 5.41) is 2.88. The van der Waals surface area contributed by atoms with E-state index in [2.05, 4.69) is 10.3 Å². The van der Waals surface area contributed by atoms with E-state index in [1.54, 1.807) is 19.1 Å². The number of imidazole rings is 1. The fraction of sp³-hybridized carbons (Fsp3) is 0.348. The lowest BCUT2D eigenvalue weighted by Gasteiger charge is -2.14. The molecule has 1 amide bonds. The van der Waals surface area contributed by atoms with Crippen molar-refractivity contribution in [2.45, 2.75) is 19.9 Å². The Morgan fingerprint density at radius 3 is 2.34 bits per heavy atom. The molecule has 0 bridgehead atoms. The molecule has 3 aromatic rings. The van der Waals surface area contributed by atoms with Gasteiger partial charge in [0.2, 0.25) is 5.75 Å². The third-order valence-electron chi connectivity index (χ3n) is 4.89. The van der Waals surface area contributed by atoms with Crippen LogP contribution < -0.4 is 19.5 Å². The van der Waals surface area contributed by atoms with Crippen molar-refractivity contribution >= 4 is 22.9 Å². The molecule has 0 aliphatic heterocycles. The van der Waals surface area contributed by atoms with E-state index in [1.165, 1.54) is 21.3 Å². The molecule has 32 heavy (non-hydrogen) atoms. The molecule has 0 fully saturated rings. The number of nitrogens with zero attached hydrogens (tertiary/aromatic N) is 2. The second-order valence-corrected chi connectivity index (χ2v) is 6.83. The molecule has 1 aromatic heterocycles. The number of amides is 1. The van der Waals surface area contributed by atoms with Gasteiger partial charge in [-0.25, -0.2) is 4.98 Å². The molecule has 2 aromatic carbocycles. The zero-order valence-corrected chi connectivity index (χ0v) is 18.6. The van der Waals surface area contributed by atoms with E-state index >= 15 is 0 Å². The maximum atomic E-state index is 12.7. The molecule has 9 nitrogen and oxygen atoms in total. The van der Waals surface area contributed by atoms with E-state index in [4.69, 9.17) is 18.9 Å². The van der Waals surface area contributed by atoms with Crippen LogP contribution in [0.3, 0.4) is 0 Å². The third-order valence-corrected chi connectivity index (χ3v) is 4.89. The minimum absolute atomic E-state index is 0.0600. The summed E-state index contributed by atoms with van der Waals surface area (Å²) in [5.74, 6) is 1.26. The van der Waals surface area contributed by atoms with Gasteiger partial charge in [-0.1, -0.05) is 12.1 Å². The molecule has 1 heterocycles. The van der Waals surface area contributed by atoms with E-state index in [-0.39, 0.29) is 18.4 Å². The number of carbonyl (C=O) groups is 2. The average molecular weight is 441 g/mol. The van der Waals surface area contributed by atoms with Gasteiger partial charge in [0, 0.05) is 18.5 Å². The van der Waals surface area contributed by atoms with Crippen molar-refractivity contribution in [3.05, 3.63) is 47.8 Å². The fourth-order valence-electron chi connectivity index (χ4n) is 3.43. The van der Waals surface area contributed by atoms with E-state index < -0.39 is 0 Å². The molecule has 0 saturated carbocycles. The first-order chi connectivity index (χ1) is 15.5. The van der Waals surface area contributed by atoms with Gasteiger partial charge in [0.05, 0.1) is 39.0 Å². The van der Waals surface area contributed by atoms with Crippen LogP contribution in [0.25, 0.3) is 11.0 Å². The van der Waals surface area contributed by atoms with Crippen LogP contribution in [0.1, 0.15) is 23.1 Å². The number of benzene rings is 2. The number of aromatic nitrogens is 2. The summed E-state index contributed by atoms with van der Waals surface area (Å²) < 4.78 is 22.8. The highest BCUT2D eigenvalue weighted by Gasteiger charge is 2.18. The van der Waals surface area contributed by atoms with Crippen LogP contribution in [-0.4, -0.2) is 55.9 Å². The Morgan fingerprint density at radius 2 is 1.72 bits per heavy atom. The summed E-state index contributed by atoms with van der Waals surface area (Å²) in [6, 6.07) is 10.7. The first kappa shape index (κ1) is 22.9. The van der Waals surface area contributed by atoms with Crippen molar-refractivity contribution in [2.24, 2.45) is 0 Å². The lowest BCUT2D eigenvalue weighted by atomic mass is 10.1. The van der Waals surface area contributed by atoms with Crippen LogP contribution in [0.5, 0.6) is 17.2 Å². The number of hydrogen-bond acceptors (Lipinski definition) is 7. The van der Waals surface area contributed by atoms with Gasteiger partial charge in [-0.05, 0) is 31.2 Å². The largest absolute Gasteiger partial charge is 0.493 e. The second-order valence-electron chi connectivity index (χ2n) is 6.83. The summed E-state index contributed by atoms with van der Waals surface area (Å²) in [7, 11) is 4.49. The summed E-state index contributed by atoms with van der Waals surface area (Å²) in [4.78, 5) is 29.4. The fourth-order valence-corrected chi connectivity index (χ4v) is 3.43. The molecule has 9 heteroatoms. The first-order valence-corrected chi connectivity index (χ1v) is 10.2. The number of para-hydroxylation sites is 2. The summed E-state index contributed by atoms with van der Waals surface area (Å²) >= 11 is 0. The van der Waals surface area contributed by atoms with Crippen molar-refractivity contribution in [3.8, 4) is 17.2 Å². The molecule has 170 valence electrons. The highest BCUT2D eigenvalue weighted by atomic mass is 16.5. The Labute approximate surface area is 186 Å². The maximum absolute atomic E-state index is 12.7. The van der Waals surface area contributed by atoms with Gasteiger partial charge in [-0.3, -0.25) is 9.59 Å². The van der Waals surface area contributed by atoms with Crippen molar-refractivity contribution < 1.29 is 28.5 Å². The molecule has 0 spiro atoms. The molecule has 0 saturated heterocycles. The smallest absolute Gasteiger partial charge is 0.326 e. The van der Waals surface area contributed by atoms with Crippen LogP contribution in [0, 0.1) is 0 Å². The monoisotopic (exact) mass is 441 g/mol. The average Bonchev–Trinajstić information content (AvgIpc) is 3.15. The zero-order chi connectivity index (χ0) is 23.1. The SMILES string of the molecule is CCOC(=O)Cn1c(CCNC(=O)c2cc(OC)c(OC)c(OC)c2)nc2ccccc21. The van der Waals surface area contributed by atoms with E-state index in [9.17, 15) is 9.59 Å². The number of rotatable bonds is 10. The highest BCUT2D eigenvalue weighted by Crippen LogP contribution is 2.38. The topological polar surface area (TPSA) is 101 Å². The second kappa shape index (κ2) is 10.5. The van der Waals surface area contributed by atoms with Gasteiger partial charge >= 0.3 is 5.97 Å². The summed E-state index contributed by atoms with van der Waals surface area (Å²) in [6.07, 6.45) is 0.435. The minimum atomic E-state index is -0.335. The first-order valence-electron chi connectivity index (χ1n) is 10.2. The van der Waals surface area contributed by atoms with Crippen molar-refractivity contribution in [2.75, 3.05) is 34.5 Å². The molecule has 0 atom stereocenters. The normalized spacial score (nSPS) is 10.6. The van der Waals surface area contributed by atoms with Gasteiger partial charge in [0.15, 0.2) is 11.5 Å². The van der Waals surface area contributed by atoms with Gasteiger partial charge in [0.1, 0.15) is 12.4 Å². The van der Waals surface area contributed by atoms with Crippen LogP contribution >= 0.6 is 0 Å². The van der Waals surface area contributed by atoms with E-state index in [0.29, 0.717) is 48.2 Å². The highest BCUT2D eigenvalue weighted by molar-refractivity contribution is 5.95. The van der Waals surface area contributed by atoms with Gasteiger partial charge < -0.3 is 28.8 Å². The minimum Gasteiger partial charge on any atom is -0.493 e. The van der Waals surface area contributed by atoms with Crippen molar-refractivity contribution in [1.82, 2.24) is 14.9 Å². The molecule has 0 aliphatic carbocycles. The summed E-state index contributed by atoms with van der Waals surface area (Å²) in [6.45, 7) is 2.46. The zero-order valence-electron chi connectivity index (χ0n) is 18.6. The van der Waals surface area contributed by atoms with Gasteiger partial charge in [-0.15, -0.1) is 0 Å². The molecule has 0 aliphatic rings. The van der Waals surface area contributed by atoms with Crippen LogP contribution in [0.2, 0.25) is 0 Å². The molecule has 0 radical (unpaired) electrons. The van der Waals surface area contributed by atoms with Gasteiger partial charge in [-0.2, -0.15) is 0 Å². The van der Waals surface area contributed by atoms with Crippen molar-refractivity contribution in [1.29, 1.82) is 0 Å². The quantitative estimate of drug-likeness (QED) is 0.483. The molecule has 1 N–H and O–H groups in total. The lowest BCUT2D eigenvalue weighted by molar-refractivity contribution is -0.143. The Hall–Kier alpha value is -3.75. The Morgan fingerprint density at radius 1 is 1.03 bits per heavy atom. The van der Waals surface area contributed by atoms with E-state index in [0.717, 1.165) is 11.0 Å².